The molecule has 0 spiro atoms. The molecular formula is C13H22N2O. The Labute approximate surface area is 97.4 Å². The van der Waals surface area contributed by atoms with Gasteiger partial charge in [-0.2, -0.15) is 0 Å². The van der Waals surface area contributed by atoms with E-state index in [0.717, 1.165) is 24.8 Å². The Bertz CT molecular complexity index is 294. The van der Waals surface area contributed by atoms with Gasteiger partial charge in [0.2, 0.25) is 5.91 Å². The molecule has 4 unspecified atom stereocenters. The summed E-state index contributed by atoms with van der Waals surface area (Å²) >= 11 is 0. The van der Waals surface area contributed by atoms with Crippen molar-refractivity contribution >= 4 is 5.91 Å². The van der Waals surface area contributed by atoms with Crippen LogP contribution in [0.15, 0.2) is 0 Å². The fourth-order valence-corrected chi connectivity index (χ4v) is 4.02. The van der Waals surface area contributed by atoms with Gasteiger partial charge < -0.3 is 10.6 Å². The normalized spacial score (nSPS) is 45.9. The molecule has 3 aliphatic rings. The van der Waals surface area contributed by atoms with Crippen molar-refractivity contribution in [3.8, 4) is 0 Å². The number of hydrogen-bond donors (Lipinski definition) is 1. The first-order valence-corrected chi connectivity index (χ1v) is 6.74. The van der Waals surface area contributed by atoms with Gasteiger partial charge in [0.15, 0.2) is 0 Å². The number of carbonyl (C=O) groups is 1. The highest BCUT2D eigenvalue weighted by atomic mass is 16.2. The lowest BCUT2D eigenvalue weighted by Crippen LogP contribution is -2.43. The van der Waals surface area contributed by atoms with Crippen LogP contribution in [0.3, 0.4) is 0 Å². The minimum absolute atomic E-state index is 0.314. The van der Waals surface area contributed by atoms with E-state index in [-0.39, 0.29) is 0 Å². The Balaban J connectivity index is 1.67. The zero-order valence-electron chi connectivity index (χ0n) is 10.1. The highest BCUT2D eigenvalue weighted by Gasteiger charge is 2.58. The monoisotopic (exact) mass is 222 g/mol. The van der Waals surface area contributed by atoms with Gasteiger partial charge in [0, 0.05) is 25.0 Å². The topological polar surface area (TPSA) is 46.3 Å². The molecule has 3 heteroatoms. The zero-order chi connectivity index (χ0) is 11.3. The van der Waals surface area contributed by atoms with Gasteiger partial charge in [-0.25, -0.2) is 0 Å². The lowest BCUT2D eigenvalue weighted by molar-refractivity contribution is -0.134. The van der Waals surface area contributed by atoms with E-state index in [1.54, 1.807) is 0 Å². The number of carbonyl (C=O) groups excluding carboxylic acids is 1. The van der Waals surface area contributed by atoms with Crippen LogP contribution in [-0.4, -0.2) is 29.9 Å². The van der Waals surface area contributed by atoms with E-state index in [0.29, 0.717) is 30.3 Å². The first-order valence-electron chi connectivity index (χ1n) is 6.74. The summed E-state index contributed by atoms with van der Waals surface area (Å²) in [5.74, 6) is 2.87. The minimum Gasteiger partial charge on any atom is -0.338 e. The van der Waals surface area contributed by atoms with Crippen LogP contribution in [-0.2, 0) is 4.79 Å². The number of nitrogens with two attached hydrogens (primary N) is 1. The number of nitrogens with zero attached hydrogens (tertiary/aromatic N) is 1. The molecule has 3 nitrogen and oxygen atoms in total. The molecule has 2 saturated carbocycles. The third kappa shape index (κ3) is 1.41. The summed E-state index contributed by atoms with van der Waals surface area (Å²) in [5.41, 5.74) is 5.79. The molecule has 4 atom stereocenters. The van der Waals surface area contributed by atoms with Gasteiger partial charge in [-0.3, -0.25) is 4.79 Å². The summed E-state index contributed by atoms with van der Waals surface area (Å²) < 4.78 is 0. The van der Waals surface area contributed by atoms with Gasteiger partial charge >= 0.3 is 0 Å². The molecule has 16 heavy (non-hydrogen) atoms. The number of amides is 1. The van der Waals surface area contributed by atoms with Crippen molar-refractivity contribution in [3.63, 3.8) is 0 Å². The molecule has 0 aromatic rings. The smallest absolute Gasteiger partial charge is 0.226 e. The second-order valence-corrected chi connectivity index (χ2v) is 5.89. The summed E-state index contributed by atoms with van der Waals surface area (Å²) in [6.07, 6.45) is 5.06. The van der Waals surface area contributed by atoms with Crippen LogP contribution in [0.4, 0.5) is 0 Å². The van der Waals surface area contributed by atoms with Gasteiger partial charge in [0.05, 0.1) is 0 Å². The molecule has 3 rings (SSSR count). The van der Waals surface area contributed by atoms with E-state index in [4.69, 9.17) is 5.73 Å². The van der Waals surface area contributed by atoms with Gasteiger partial charge in [0.1, 0.15) is 0 Å². The summed E-state index contributed by atoms with van der Waals surface area (Å²) in [7, 11) is 0. The molecule has 1 aliphatic heterocycles. The predicted octanol–water partition coefficient (Wildman–Crippen LogP) is 1.23. The second kappa shape index (κ2) is 3.73. The van der Waals surface area contributed by atoms with Crippen LogP contribution in [0.1, 0.15) is 32.6 Å². The Morgan fingerprint density at radius 2 is 2.00 bits per heavy atom. The van der Waals surface area contributed by atoms with Crippen molar-refractivity contribution in [1.29, 1.82) is 0 Å². The van der Waals surface area contributed by atoms with Crippen molar-refractivity contribution < 1.29 is 4.79 Å². The Kier molecular flexibility index (Phi) is 2.46. The van der Waals surface area contributed by atoms with Crippen molar-refractivity contribution in [1.82, 2.24) is 4.90 Å². The molecule has 0 aromatic carbocycles. The summed E-state index contributed by atoms with van der Waals surface area (Å²) in [6.45, 7) is 3.80. The molecule has 3 fully saturated rings. The van der Waals surface area contributed by atoms with E-state index in [2.05, 4.69) is 11.8 Å². The van der Waals surface area contributed by atoms with Gasteiger partial charge in [-0.15, -0.1) is 0 Å². The van der Waals surface area contributed by atoms with E-state index in [9.17, 15) is 4.79 Å². The molecule has 0 radical (unpaired) electrons. The molecule has 1 amide bonds. The van der Waals surface area contributed by atoms with E-state index >= 15 is 0 Å². The third-order valence-corrected chi connectivity index (χ3v) is 5.10. The first kappa shape index (κ1) is 10.6. The molecule has 1 heterocycles. The molecule has 0 aromatic heterocycles. The zero-order valence-corrected chi connectivity index (χ0v) is 10.1. The Morgan fingerprint density at radius 1 is 1.31 bits per heavy atom. The van der Waals surface area contributed by atoms with Crippen LogP contribution in [0, 0.1) is 23.7 Å². The predicted molar refractivity (Wildman–Crippen MR) is 62.7 cm³/mol. The maximum Gasteiger partial charge on any atom is 0.226 e. The van der Waals surface area contributed by atoms with Crippen LogP contribution in [0.2, 0.25) is 0 Å². The van der Waals surface area contributed by atoms with Crippen molar-refractivity contribution in [2.45, 2.75) is 38.6 Å². The summed E-state index contributed by atoms with van der Waals surface area (Å²) in [4.78, 5) is 14.5. The van der Waals surface area contributed by atoms with Crippen molar-refractivity contribution in [2.24, 2.45) is 29.4 Å². The first-order chi connectivity index (χ1) is 7.74. The molecule has 2 N–H and O–H groups in total. The van der Waals surface area contributed by atoms with Crippen LogP contribution in [0.25, 0.3) is 0 Å². The van der Waals surface area contributed by atoms with Crippen molar-refractivity contribution in [3.05, 3.63) is 0 Å². The maximum atomic E-state index is 12.4. The number of fused-ring (bicyclic) bond motifs is 1. The second-order valence-electron chi connectivity index (χ2n) is 5.89. The highest BCUT2D eigenvalue weighted by molar-refractivity contribution is 5.83. The van der Waals surface area contributed by atoms with E-state index < -0.39 is 0 Å². The largest absolute Gasteiger partial charge is 0.338 e. The molecular weight excluding hydrogens is 200 g/mol. The molecule has 2 aliphatic carbocycles. The lowest BCUT2D eigenvalue weighted by Gasteiger charge is -2.26. The SMILES string of the molecule is CC1CCN(C(=O)C2C3CCCC32)C1CN. The van der Waals surface area contributed by atoms with Gasteiger partial charge in [-0.05, 0) is 37.0 Å². The lowest BCUT2D eigenvalue weighted by atomic mass is 10.0. The standard InChI is InChI=1S/C13H22N2O/c1-8-5-6-15(11(8)7-14)13(16)12-9-3-2-4-10(9)12/h8-12H,2-7,14H2,1H3. The Hall–Kier alpha value is -0.570. The average molecular weight is 222 g/mol. The minimum atomic E-state index is 0.314. The van der Waals surface area contributed by atoms with E-state index in [1.165, 1.54) is 19.3 Å². The summed E-state index contributed by atoms with van der Waals surface area (Å²) in [5, 5.41) is 0. The third-order valence-electron chi connectivity index (χ3n) is 5.10. The van der Waals surface area contributed by atoms with Crippen LogP contribution >= 0.6 is 0 Å². The molecule has 0 bridgehead atoms. The van der Waals surface area contributed by atoms with Gasteiger partial charge in [-0.1, -0.05) is 13.3 Å². The van der Waals surface area contributed by atoms with Crippen molar-refractivity contribution in [2.75, 3.05) is 13.1 Å². The summed E-state index contributed by atoms with van der Waals surface area (Å²) in [6, 6.07) is 0.314. The molecule has 1 saturated heterocycles. The maximum absolute atomic E-state index is 12.4. The number of hydrogen-bond acceptors (Lipinski definition) is 2. The quantitative estimate of drug-likeness (QED) is 0.764. The van der Waals surface area contributed by atoms with E-state index in [1.807, 2.05) is 0 Å². The number of rotatable bonds is 2. The van der Waals surface area contributed by atoms with Crippen LogP contribution < -0.4 is 5.73 Å². The number of likely N-dealkylation sites (tertiary alicyclic amines) is 1. The van der Waals surface area contributed by atoms with Crippen LogP contribution in [0.5, 0.6) is 0 Å². The highest BCUT2D eigenvalue weighted by Crippen LogP contribution is 2.58. The molecule has 90 valence electrons. The Morgan fingerprint density at radius 3 is 2.62 bits per heavy atom. The van der Waals surface area contributed by atoms with Gasteiger partial charge in [0.25, 0.3) is 0 Å². The fraction of sp³-hybridized carbons (Fsp3) is 0.923. The fourth-order valence-electron chi connectivity index (χ4n) is 4.02. The average Bonchev–Trinajstić information content (AvgIpc) is 2.66.